The van der Waals surface area contributed by atoms with Gasteiger partial charge in [0.25, 0.3) is 0 Å². The van der Waals surface area contributed by atoms with Crippen molar-refractivity contribution < 1.29 is 19.2 Å². The average molecular weight is 394 g/mol. The van der Waals surface area contributed by atoms with Crippen LogP contribution in [0.25, 0.3) is 11.5 Å². The van der Waals surface area contributed by atoms with Crippen molar-refractivity contribution in [3.8, 4) is 11.5 Å². The molecular formula is C21H22N4O4. The summed E-state index contributed by atoms with van der Waals surface area (Å²) < 4.78 is 5.19. The number of aryl methyl sites for hydroxylation is 1. The van der Waals surface area contributed by atoms with Crippen molar-refractivity contribution in [3.05, 3.63) is 66.2 Å². The number of hydrogen-bond donors (Lipinski definition) is 2. The normalized spacial score (nSPS) is 11.7. The van der Waals surface area contributed by atoms with E-state index in [1.54, 1.807) is 18.3 Å². The van der Waals surface area contributed by atoms with Crippen LogP contribution < -0.4 is 5.32 Å². The fourth-order valence-electron chi connectivity index (χ4n) is 2.90. The van der Waals surface area contributed by atoms with Crippen molar-refractivity contribution in [2.45, 2.75) is 38.1 Å². The molecule has 0 spiro atoms. The molecule has 1 amide bonds. The van der Waals surface area contributed by atoms with E-state index in [4.69, 9.17) is 9.63 Å². The molecule has 0 saturated carbocycles. The van der Waals surface area contributed by atoms with Gasteiger partial charge in [0.1, 0.15) is 5.69 Å². The Bertz CT molecular complexity index is 928. The third-order valence-corrected chi connectivity index (χ3v) is 4.32. The van der Waals surface area contributed by atoms with Crippen LogP contribution in [0.5, 0.6) is 0 Å². The molecule has 3 rings (SSSR count). The van der Waals surface area contributed by atoms with E-state index in [-0.39, 0.29) is 24.8 Å². The van der Waals surface area contributed by atoms with E-state index in [2.05, 4.69) is 20.4 Å². The molecule has 1 atom stereocenters. The number of amides is 1. The van der Waals surface area contributed by atoms with E-state index in [0.29, 0.717) is 36.7 Å². The van der Waals surface area contributed by atoms with E-state index >= 15 is 0 Å². The topological polar surface area (TPSA) is 118 Å². The number of rotatable bonds is 10. The predicted molar refractivity (Wildman–Crippen MR) is 105 cm³/mol. The Hall–Kier alpha value is -3.55. The van der Waals surface area contributed by atoms with E-state index in [1.165, 1.54) is 0 Å². The highest BCUT2D eigenvalue weighted by atomic mass is 16.5. The summed E-state index contributed by atoms with van der Waals surface area (Å²) in [6, 6.07) is 14.8. The summed E-state index contributed by atoms with van der Waals surface area (Å²) in [7, 11) is 0. The number of hydrogen-bond acceptors (Lipinski definition) is 6. The maximum Gasteiger partial charge on any atom is 0.303 e. The van der Waals surface area contributed by atoms with Gasteiger partial charge in [-0.3, -0.25) is 14.6 Å². The molecule has 2 heterocycles. The molecule has 29 heavy (non-hydrogen) atoms. The number of nitrogens with one attached hydrogen (secondary N) is 1. The minimum Gasteiger partial charge on any atom is -0.481 e. The Morgan fingerprint density at radius 2 is 1.86 bits per heavy atom. The molecule has 3 aromatic rings. The zero-order chi connectivity index (χ0) is 20.5. The SMILES string of the molecule is O=C(O)CCC(Cc1ccccc1)NC(=O)CCc1nc(-c2ccccn2)no1. The number of nitrogens with zero attached hydrogens (tertiary/aromatic N) is 3. The summed E-state index contributed by atoms with van der Waals surface area (Å²) in [5.41, 5.74) is 1.64. The summed E-state index contributed by atoms with van der Waals surface area (Å²) in [5.74, 6) is -0.338. The number of benzene rings is 1. The van der Waals surface area contributed by atoms with Gasteiger partial charge < -0.3 is 14.9 Å². The fourth-order valence-corrected chi connectivity index (χ4v) is 2.90. The first-order valence-corrected chi connectivity index (χ1v) is 9.39. The van der Waals surface area contributed by atoms with Crippen LogP contribution in [0.1, 0.15) is 30.7 Å². The number of carbonyl (C=O) groups excluding carboxylic acids is 1. The van der Waals surface area contributed by atoms with Gasteiger partial charge in [-0.25, -0.2) is 0 Å². The van der Waals surface area contributed by atoms with Crippen LogP contribution in [0.15, 0.2) is 59.3 Å². The molecule has 1 unspecified atom stereocenters. The first kappa shape index (κ1) is 20.2. The Morgan fingerprint density at radius 1 is 1.07 bits per heavy atom. The van der Waals surface area contributed by atoms with Gasteiger partial charge in [-0.05, 0) is 30.5 Å². The number of aromatic nitrogens is 3. The number of carboxylic acids is 1. The van der Waals surface area contributed by atoms with Crippen LogP contribution in [0, 0.1) is 0 Å². The average Bonchev–Trinajstić information content (AvgIpc) is 3.21. The van der Waals surface area contributed by atoms with Gasteiger partial charge in [0.2, 0.25) is 17.6 Å². The second-order valence-electron chi connectivity index (χ2n) is 6.61. The van der Waals surface area contributed by atoms with Gasteiger partial charge in [0, 0.05) is 31.5 Å². The highest BCUT2D eigenvalue weighted by Gasteiger charge is 2.16. The molecule has 0 aliphatic carbocycles. The molecule has 150 valence electrons. The van der Waals surface area contributed by atoms with Crippen LogP contribution in [0.2, 0.25) is 0 Å². The quantitative estimate of drug-likeness (QED) is 0.543. The third kappa shape index (κ3) is 6.53. The van der Waals surface area contributed by atoms with Crippen LogP contribution >= 0.6 is 0 Å². The molecule has 2 aromatic heterocycles. The lowest BCUT2D eigenvalue weighted by molar-refractivity contribution is -0.137. The van der Waals surface area contributed by atoms with Crippen LogP contribution in [0.4, 0.5) is 0 Å². The maximum atomic E-state index is 12.4. The first-order chi connectivity index (χ1) is 14.1. The van der Waals surface area contributed by atoms with Crippen molar-refractivity contribution in [1.82, 2.24) is 20.4 Å². The number of carbonyl (C=O) groups is 2. The lowest BCUT2D eigenvalue weighted by Crippen LogP contribution is -2.37. The van der Waals surface area contributed by atoms with Crippen molar-refractivity contribution in [2.24, 2.45) is 0 Å². The summed E-state index contributed by atoms with van der Waals surface area (Å²) in [4.78, 5) is 31.7. The fraction of sp³-hybridized carbons (Fsp3) is 0.286. The number of aliphatic carboxylic acids is 1. The van der Waals surface area contributed by atoms with Crippen molar-refractivity contribution >= 4 is 11.9 Å². The van der Waals surface area contributed by atoms with Gasteiger partial charge in [-0.1, -0.05) is 41.6 Å². The Morgan fingerprint density at radius 3 is 2.59 bits per heavy atom. The lowest BCUT2D eigenvalue weighted by Gasteiger charge is -2.18. The van der Waals surface area contributed by atoms with E-state index < -0.39 is 5.97 Å². The van der Waals surface area contributed by atoms with E-state index in [1.807, 2.05) is 36.4 Å². The maximum absolute atomic E-state index is 12.4. The zero-order valence-electron chi connectivity index (χ0n) is 15.8. The monoisotopic (exact) mass is 394 g/mol. The predicted octanol–water partition coefficient (Wildman–Crippen LogP) is 2.66. The largest absolute Gasteiger partial charge is 0.481 e. The minimum absolute atomic E-state index is 0.00508. The Balaban J connectivity index is 1.54. The Labute approximate surface area is 168 Å². The highest BCUT2D eigenvalue weighted by Crippen LogP contribution is 2.13. The Kier molecular flexibility index (Phi) is 7.05. The molecule has 0 bridgehead atoms. The molecule has 2 N–H and O–H groups in total. The molecule has 0 aliphatic rings. The molecule has 8 heteroatoms. The van der Waals surface area contributed by atoms with E-state index in [9.17, 15) is 9.59 Å². The zero-order valence-corrected chi connectivity index (χ0v) is 15.8. The third-order valence-electron chi connectivity index (χ3n) is 4.32. The number of carboxylic acid groups (broad SMARTS) is 1. The van der Waals surface area contributed by atoms with Crippen LogP contribution in [0.3, 0.4) is 0 Å². The second kappa shape index (κ2) is 10.1. The molecule has 0 radical (unpaired) electrons. The molecule has 0 saturated heterocycles. The highest BCUT2D eigenvalue weighted by molar-refractivity contribution is 5.76. The van der Waals surface area contributed by atoms with Crippen LogP contribution in [-0.4, -0.2) is 38.1 Å². The van der Waals surface area contributed by atoms with Gasteiger partial charge >= 0.3 is 5.97 Å². The first-order valence-electron chi connectivity index (χ1n) is 9.39. The van der Waals surface area contributed by atoms with Gasteiger partial charge in [0.15, 0.2) is 0 Å². The summed E-state index contributed by atoms with van der Waals surface area (Å²) in [6.07, 6.45) is 3.03. The smallest absolute Gasteiger partial charge is 0.303 e. The van der Waals surface area contributed by atoms with Gasteiger partial charge in [0.05, 0.1) is 0 Å². The van der Waals surface area contributed by atoms with Gasteiger partial charge in [-0.15, -0.1) is 0 Å². The van der Waals surface area contributed by atoms with E-state index in [0.717, 1.165) is 5.56 Å². The van der Waals surface area contributed by atoms with Crippen molar-refractivity contribution in [3.63, 3.8) is 0 Å². The van der Waals surface area contributed by atoms with Crippen LogP contribution in [-0.2, 0) is 22.4 Å². The van der Waals surface area contributed by atoms with Crippen molar-refractivity contribution in [1.29, 1.82) is 0 Å². The summed E-state index contributed by atoms with van der Waals surface area (Å²) >= 11 is 0. The minimum atomic E-state index is -0.884. The lowest BCUT2D eigenvalue weighted by atomic mass is 10.0. The van der Waals surface area contributed by atoms with Crippen molar-refractivity contribution in [2.75, 3.05) is 0 Å². The molecule has 0 fully saturated rings. The molecule has 0 aliphatic heterocycles. The molecule has 8 nitrogen and oxygen atoms in total. The summed E-state index contributed by atoms with van der Waals surface area (Å²) in [5, 5.41) is 15.8. The number of pyridine rings is 1. The standard InChI is InChI=1S/C21H22N4O4/c26-18(10-11-19-24-21(25-29-19)17-8-4-5-13-22-17)23-16(9-12-20(27)28)14-15-6-2-1-3-7-15/h1-8,13,16H,9-12,14H2,(H,23,26)(H,27,28). The summed E-state index contributed by atoms with van der Waals surface area (Å²) in [6.45, 7) is 0. The molecular weight excluding hydrogens is 372 g/mol. The van der Waals surface area contributed by atoms with Gasteiger partial charge in [-0.2, -0.15) is 4.98 Å². The second-order valence-corrected chi connectivity index (χ2v) is 6.61. The molecule has 1 aromatic carbocycles.